The molecule has 0 radical (unpaired) electrons. The van der Waals surface area contributed by atoms with Gasteiger partial charge < -0.3 is 15.4 Å². The number of nitrogens with one attached hydrogen (secondary N) is 2. The summed E-state index contributed by atoms with van der Waals surface area (Å²) in [7, 11) is 1.71. The minimum absolute atomic E-state index is 0.448. The molecular weight excluding hydrogens is 276 g/mol. The predicted octanol–water partition coefficient (Wildman–Crippen LogP) is 2.80. The van der Waals surface area contributed by atoms with Gasteiger partial charge in [0.2, 0.25) is 0 Å². The van der Waals surface area contributed by atoms with Crippen molar-refractivity contribution in [2.24, 2.45) is 4.99 Å². The molecule has 0 saturated carbocycles. The molecule has 0 saturated heterocycles. The van der Waals surface area contributed by atoms with E-state index in [0.29, 0.717) is 12.3 Å². The molecule has 0 aromatic heterocycles. The Morgan fingerprint density at radius 1 is 1.33 bits per heavy atom. The lowest BCUT2D eigenvalue weighted by Gasteiger charge is -2.12. The Balaban J connectivity index is 2.45. The number of halogens is 2. The Kier molecular flexibility index (Phi) is 8.16. The number of alkyl halides is 2. The molecule has 0 aliphatic rings. The standard InChI is InChI=1S/C15H23F2N3O/c1-3-4-8-19-15(18-2)20-10-12-6-5-7-13(9-12)21-11-14(16)17/h5-7,9,14H,3-4,8,10-11H2,1-2H3,(H2,18,19,20). The molecule has 4 nitrogen and oxygen atoms in total. The van der Waals surface area contributed by atoms with Crippen molar-refractivity contribution in [2.45, 2.75) is 32.7 Å². The molecule has 0 atom stereocenters. The predicted molar refractivity (Wildman–Crippen MR) is 81.1 cm³/mol. The summed E-state index contributed by atoms with van der Waals surface area (Å²) in [5.41, 5.74) is 0.945. The number of hydrogen-bond donors (Lipinski definition) is 2. The van der Waals surface area contributed by atoms with Gasteiger partial charge in [0.1, 0.15) is 12.4 Å². The molecule has 0 bridgehead atoms. The second-order valence-corrected chi connectivity index (χ2v) is 4.56. The third-order valence-electron chi connectivity index (χ3n) is 2.78. The van der Waals surface area contributed by atoms with E-state index in [1.54, 1.807) is 25.2 Å². The number of unbranched alkanes of at least 4 members (excludes halogenated alkanes) is 1. The van der Waals surface area contributed by atoms with Gasteiger partial charge in [-0.15, -0.1) is 0 Å². The molecule has 1 aromatic carbocycles. The quantitative estimate of drug-likeness (QED) is 0.441. The first-order chi connectivity index (χ1) is 10.2. The molecule has 0 fully saturated rings. The van der Waals surface area contributed by atoms with Crippen LogP contribution in [0.3, 0.4) is 0 Å². The Bertz CT molecular complexity index is 439. The summed E-state index contributed by atoms with van der Waals surface area (Å²) in [6.45, 7) is 2.96. The number of hydrogen-bond acceptors (Lipinski definition) is 2. The summed E-state index contributed by atoms with van der Waals surface area (Å²) in [5.74, 6) is 1.17. The Morgan fingerprint density at radius 2 is 2.14 bits per heavy atom. The first kappa shape index (κ1) is 17.2. The highest BCUT2D eigenvalue weighted by Crippen LogP contribution is 2.14. The van der Waals surface area contributed by atoms with Gasteiger partial charge >= 0.3 is 0 Å². The van der Waals surface area contributed by atoms with E-state index in [2.05, 4.69) is 22.5 Å². The van der Waals surface area contributed by atoms with Gasteiger partial charge in [-0.1, -0.05) is 25.5 Å². The molecule has 6 heteroatoms. The maximum Gasteiger partial charge on any atom is 0.272 e. The number of rotatable bonds is 8. The molecule has 21 heavy (non-hydrogen) atoms. The molecule has 0 aliphatic carbocycles. The highest BCUT2D eigenvalue weighted by atomic mass is 19.3. The lowest BCUT2D eigenvalue weighted by atomic mass is 10.2. The number of aliphatic imine (C=N–C) groups is 1. The van der Waals surface area contributed by atoms with E-state index in [-0.39, 0.29) is 0 Å². The molecule has 0 aliphatic heterocycles. The molecule has 1 aromatic rings. The Hall–Kier alpha value is -1.85. The van der Waals surface area contributed by atoms with Crippen LogP contribution in [0, 0.1) is 0 Å². The van der Waals surface area contributed by atoms with Crippen LogP contribution in [0.5, 0.6) is 5.75 Å². The van der Waals surface area contributed by atoms with E-state index >= 15 is 0 Å². The lowest BCUT2D eigenvalue weighted by molar-refractivity contribution is 0.0818. The van der Waals surface area contributed by atoms with Gasteiger partial charge in [-0.2, -0.15) is 0 Å². The zero-order chi connectivity index (χ0) is 15.5. The molecule has 2 N–H and O–H groups in total. The summed E-state index contributed by atoms with van der Waals surface area (Å²) < 4.78 is 29.2. The number of nitrogens with zero attached hydrogens (tertiary/aromatic N) is 1. The first-order valence-electron chi connectivity index (χ1n) is 7.10. The van der Waals surface area contributed by atoms with Crippen molar-refractivity contribution in [1.29, 1.82) is 0 Å². The van der Waals surface area contributed by atoms with Crippen LogP contribution < -0.4 is 15.4 Å². The van der Waals surface area contributed by atoms with Gasteiger partial charge in [-0.25, -0.2) is 8.78 Å². The van der Waals surface area contributed by atoms with Gasteiger partial charge in [0.15, 0.2) is 5.96 Å². The van der Waals surface area contributed by atoms with E-state index in [1.807, 2.05) is 6.07 Å². The Labute approximate surface area is 124 Å². The van der Waals surface area contributed by atoms with Crippen molar-refractivity contribution in [2.75, 3.05) is 20.2 Å². The van der Waals surface area contributed by atoms with E-state index in [4.69, 9.17) is 4.74 Å². The van der Waals surface area contributed by atoms with Crippen molar-refractivity contribution in [3.8, 4) is 5.75 Å². The van der Waals surface area contributed by atoms with Gasteiger partial charge in [0, 0.05) is 20.1 Å². The first-order valence-corrected chi connectivity index (χ1v) is 7.10. The monoisotopic (exact) mass is 299 g/mol. The SMILES string of the molecule is CCCCNC(=NC)NCc1cccc(OCC(F)F)c1. The topological polar surface area (TPSA) is 45.7 Å². The number of guanidine groups is 1. The molecule has 0 unspecified atom stereocenters. The lowest BCUT2D eigenvalue weighted by Crippen LogP contribution is -2.37. The summed E-state index contributed by atoms with van der Waals surface area (Å²) in [5, 5.41) is 6.38. The fraction of sp³-hybridized carbons (Fsp3) is 0.533. The summed E-state index contributed by atoms with van der Waals surface area (Å²) in [6, 6.07) is 7.10. The van der Waals surface area contributed by atoms with Crippen LogP contribution in [0.25, 0.3) is 0 Å². The summed E-state index contributed by atoms with van der Waals surface area (Å²) in [4.78, 5) is 4.12. The maximum absolute atomic E-state index is 12.1. The third-order valence-corrected chi connectivity index (χ3v) is 2.78. The highest BCUT2D eigenvalue weighted by molar-refractivity contribution is 5.79. The van der Waals surface area contributed by atoms with Crippen LogP contribution in [-0.2, 0) is 6.54 Å². The van der Waals surface area contributed by atoms with E-state index in [1.165, 1.54) is 0 Å². The average molecular weight is 299 g/mol. The zero-order valence-corrected chi connectivity index (χ0v) is 12.5. The Morgan fingerprint density at radius 3 is 2.81 bits per heavy atom. The summed E-state index contributed by atoms with van der Waals surface area (Å²) >= 11 is 0. The van der Waals surface area contributed by atoms with Crippen LogP contribution in [0.2, 0.25) is 0 Å². The van der Waals surface area contributed by atoms with Crippen molar-refractivity contribution in [3.63, 3.8) is 0 Å². The van der Waals surface area contributed by atoms with Crippen molar-refractivity contribution in [3.05, 3.63) is 29.8 Å². The van der Waals surface area contributed by atoms with Crippen molar-refractivity contribution < 1.29 is 13.5 Å². The second-order valence-electron chi connectivity index (χ2n) is 4.56. The smallest absolute Gasteiger partial charge is 0.272 e. The van der Waals surface area contributed by atoms with Crippen molar-refractivity contribution in [1.82, 2.24) is 10.6 Å². The van der Waals surface area contributed by atoms with Crippen LogP contribution >= 0.6 is 0 Å². The van der Waals surface area contributed by atoms with Crippen LogP contribution in [-0.4, -0.2) is 32.6 Å². The number of ether oxygens (including phenoxy) is 1. The molecule has 118 valence electrons. The van der Waals surface area contributed by atoms with Crippen LogP contribution in [0.1, 0.15) is 25.3 Å². The minimum Gasteiger partial charge on any atom is -0.488 e. The molecule has 0 heterocycles. The summed E-state index contributed by atoms with van der Waals surface area (Å²) in [6.07, 6.45) is -0.265. The molecular formula is C15H23F2N3O. The van der Waals surface area contributed by atoms with Crippen LogP contribution in [0.15, 0.2) is 29.3 Å². The van der Waals surface area contributed by atoms with Crippen molar-refractivity contribution >= 4 is 5.96 Å². The van der Waals surface area contributed by atoms with Gasteiger partial charge in [-0.3, -0.25) is 4.99 Å². The minimum atomic E-state index is -2.46. The van der Waals surface area contributed by atoms with Gasteiger partial charge in [0.25, 0.3) is 6.43 Å². The zero-order valence-electron chi connectivity index (χ0n) is 12.5. The van der Waals surface area contributed by atoms with E-state index < -0.39 is 13.0 Å². The largest absolute Gasteiger partial charge is 0.488 e. The molecule has 0 amide bonds. The number of benzene rings is 1. The average Bonchev–Trinajstić information content (AvgIpc) is 2.49. The molecule has 0 spiro atoms. The second kappa shape index (κ2) is 9.96. The van der Waals surface area contributed by atoms with E-state index in [9.17, 15) is 8.78 Å². The maximum atomic E-state index is 12.1. The van der Waals surface area contributed by atoms with Gasteiger partial charge in [-0.05, 0) is 24.1 Å². The van der Waals surface area contributed by atoms with Crippen LogP contribution in [0.4, 0.5) is 8.78 Å². The third kappa shape index (κ3) is 7.48. The fourth-order valence-corrected chi connectivity index (χ4v) is 1.69. The highest BCUT2D eigenvalue weighted by Gasteiger charge is 2.04. The normalized spacial score (nSPS) is 11.6. The fourth-order valence-electron chi connectivity index (χ4n) is 1.69. The molecule has 1 rings (SSSR count). The van der Waals surface area contributed by atoms with E-state index in [0.717, 1.165) is 30.9 Å². The van der Waals surface area contributed by atoms with Gasteiger partial charge in [0.05, 0.1) is 0 Å².